The lowest BCUT2D eigenvalue weighted by Gasteiger charge is -2.04. The van der Waals surface area contributed by atoms with Gasteiger partial charge in [-0.3, -0.25) is 5.10 Å². The van der Waals surface area contributed by atoms with E-state index in [1.54, 1.807) is 22.8 Å². The highest BCUT2D eigenvalue weighted by atomic mass is 32.1. The predicted molar refractivity (Wildman–Crippen MR) is 99.9 cm³/mol. The summed E-state index contributed by atoms with van der Waals surface area (Å²) in [5, 5.41) is 15.8. The van der Waals surface area contributed by atoms with E-state index in [1.165, 1.54) is 0 Å². The second kappa shape index (κ2) is 6.93. The Bertz CT molecular complexity index is 1070. The number of methoxy groups -OCH3 is 1. The topological polar surface area (TPSA) is 73.6 Å². The predicted octanol–water partition coefficient (Wildman–Crippen LogP) is 3.25. The highest BCUT2D eigenvalue weighted by Crippen LogP contribution is 2.20. The number of hydrogen-bond acceptors (Lipinski definition) is 5. The van der Waals surface area contributed by atoms with E-state index in [1.807, 2.05) is 54.6 Å². The van der Waals surface area contributed by atoms with Crippen LogP contribution < -0.4 is 4.74 Å². The molecule has 130 valence electrons. The van der Waals surface area contributed by atoms with E-state index >= 15 is 0 Å². The number of hydrogen-bond donors (Lipinski definition) is 1. The molecule has 0 radical (unpaired) electrons. The Balaban J connectivity index is 1.61. The summed E-state index contributed by atoms with van der Waals surface area (Å²) in [5.41, 5.74) is 2.74. The number of ether oxygens (including phenoxy) is 1. The molecule has 0 fully saturated rings. The molecule has 26 heavy (non-hydrogen) atoms. The molecule has 4 aromatic rings. The van der Waals surface area contributed by atoms with Crippen LogP contribution in [-0.4, -0.2) is 37.1 Å². The standard InChI is InChI=1S/C18H16N6OS/c1-25-15-9-7-14(8-10-15)24-18(26)16(11-19-24)17-20-22-23(21-17)12-13-5-3-2-4-6-13/h2-11,19H,12H2,1H3. The molecule has 0 aliphatic heterocycles. The van der Waals surface area contributed by atoms with Crippen LogP contribution in [0.3, 0.4) is 0 Å². The Morgan fingerprint density at radius 3 is 2.58 bits per heavy atom. The minimum absolute atomic E-state index is 0.495. The molecule has 0 atom stereocenters. The smallest absolute Gasteiger partial charge is 0.209 e. The monoisotopic (exact) mass is 364 g/mol. The molecule has 0 bridgehead atoms. The number of tetrazole rings is 1. The van der Waals surface area contributed by atoms with Gasteiger partial charge in [0.2, 0.25) is 5.82 Å². The molecule has 7 nitrogen and oxygen atoms in total. The van der Waals surface area contributed by atoms with E-state index in [9.17, 15) is 0 Å². The zero-order valence-corrected chi connectivity index (χ0v) is 14.8. The molecular weight excluding hydrogens is 348 g/mol. The molecule has 1 N–H and O–H groups in total. The van der Waals surface area contributed by atoms with Crippen molar-refractivity contribution in [2.75, 3.05) is 7.11 Å². The number of H-pyrrole nitrogens is 1. The highest BCUT2D eigenvalue weighted by Gasteiger charge is 2.12. The molecule has 0 amide bonds. The van der Waals surface area contributed by atoms with Gasteiger partial charge in [0.15, 0.2) is 0 Å². The molecule has 0 spiro atoms. The van der Waals surface area contributed by atoms with Gasteiger partial charge in [-0.15, -0.1) is 10.2 Å². The first-order valence-corrected chi connectivity index (χ1v) is 8.42. The zero-order valence-electron chi connectivity index (χ0n) is 14.0. The molecule has 0 unspecified atom stereocenters. The molecule has 0 aliphatic rings. The molecule has 2 heterocycles. The van der Waals surface area contributed by atoms with Crippen LogP contribution in [0.5, 0.6) is 5.75 Å². The maximum atomic E-state index is 5.57. The highest BCUT2D eigenvalue weighted by molar-refractivity contribution is 7.71. The Hall–Kier alpha value is -3.26. The van der Waals surface area contributed by atoms with E-state index in [4.69, 9.17) is 17.0 Å². The lowest BCUT2D eigenvalue weighted by molar-refractivity contribution is 0.414. The summed E-state index contributed by atoms with van der Waals surface area (Å²) < 4.78 is 7.57. The van der Waals surface area contributed by atoms with Crippen LogP contribution in [0.15, 0.2) is 60.8 Å². The van der Waals surface area contributed by atoms with Gasteiger partial charge >= 0.3 is 0 Å². The van der Waals surface area contributed by atoms with Gasteiger partial charge in [0, 0.05) is 6.20 Å². The van der Waals surface area contributed by atoms with Gasteiger partial charge in [0.05, 0.1) is 24.9 Å². The van der Waals surface area contributed by atoms with E-state index in [0.717, 1.165) is 22.6 Å². The minimum atomic E-state index is 0.495. The summed E-state index contributed by atoms with van der Waals surface area (Å²) in [6.45, 7) is 0.559. The Morgan fingerprint density at radius 1 is 1.08 bits per heavy atom. The molecule has 0 saturated carbocycles. The van der Waals surface area contributed by atoms with Gasteiger partial charge in [0.25, 0.3) is 0 Å². The normalized spacial score (nSPS) is 10.8. The first-order valence-electron chi connectivity index (χ1n) is 8.01. The summed E-state index contributed by atoms with van der Waals surface area (Å²) >= 11 is 5.57. The largest absolute Gasteiger partial charge is 0.497 e. The summed E-state index contributed by atoms with van der Waals surface area (Å²) in [6, 6.07) is 17.6. The van der Waals surface area contributed by atoms with E-state index in [-0.39, 0.29) is 0 Å². The number of nitrogens with zero attached hydrogens (tertiary/aromatic N) is 5. The van der Waals surface area contributed by atoms with E-state index in [0.29, 0.717) is 17.0 Å². The molecule has 2 aromatic heterocycles. The first-order chi connectivity index (χ1) is 12.7. The Labute approximate surface area is 154 Å². The first kappa shape index (κ1) is 16.2. The SMILES string of the molecule is COc1ccc(-n2[nH]cc(-c3nnn(Cc4ccccc4)n3)c2=S)cc1. The number of nitrogens with one attached hydrogen (secondary N) is 1. The van der Waals surface area contributed by atoms with Crippen LogP contribution in [-0.2, 0) is 6.54 Å². The van der Waals surface area contributed by atoms with Gasteiger partial charge in [-0.05, 0) is 35.0 Å². The fourth-order valence-corrected chi connectivity index (χ4v) is 2.93. The van der Waals surface area contributed by atoms with Crippen molar-refractivity contribution in [3.05, 3.63) is 71.0 Å². The molecule has 4 rings (SSSR count). The van der Waals surface area contributed by atoms with Crippen molar-refractivity contribution < 1.29 is 4.74 Å². The van der Waals surface area contributed by atoms with Gasteiger partial charge < -0.3 is 4.74 Å². The third-order valence-electron chi connectivity index (χ3n) is 3.96. The van der Waals surface area contributed by atoms with Crippen LogP contribution in [0.1, 0.15) is 5.56 Å². The maximum absolute atomic E-state index is 5.57. The van der Waals surface area contributed by atoms with Crippen molar-refractivity contribution in [1.29, 1.82) is 0 Å². The van der Waals surface area contributed by atoms with Crippen LogP contribution in [0.2, 0.25) is 0 Å². The summed E-state index contributed by atoms with van der Waals surface area (Å²) in [4.78, 5) is 1.56. The molecule has 8 heteroatoms. The lowest BCUT2D eigenvalue weighted by atomic mass is 10.2. The minimum Gasteiger partial charge on any atom is -0.497 e. The number of aromatic nitrogens is 6. The van der Waals surface area contributed by atoms with Crippen molar-refractivity contribution in [3.8, 4) is 22.8 Å². The van der Waals surface area contributed by atoms with Crippen LogP contribution in [0, 0.1) is 4.64 Å². The maximum Gasteiger partial charge on any atom is 0.209 e. The zero-order chi connectivity index (χ0) is 17.9. The third kappa shape index (κ3) is 3.14. The van der Waals surface area contributed by atoms with Crippen LogP contribution >= 0.6 is 12.2 Å². The van der Waals surface area contributed by atoms with E-state index < -0.39 is 0 Å². The van der Waals surface area contributed by atoms with Gasteiger partial charge in [-0.2, -0.15) is 4.80 Å². The van der Waals surface area contributed by atoms with Crippen molar-refractivity contribution in [2.24, 2.45) is 0 Å². The second-order valence-corrected chi connectivity index (χ2v) is 6.04. The average molecular weight is 364 g/mol. The van der Waals surface area contributed by atoms with E-state index in [2.05, 4.69) is 20.5 Å². The summed E-state index contributed by atoms with van der Waals surface area (Å²) in [5.74, 6) is 1.28. The second-order valence-electron chi connectivity index (χ2n) is 5.65. The Kier molecular flexibility index (Phi) is 4.32. The van der Waals surface area contributed by atoms with Crippen LogP contribution in [0.25, 0.3) is 17.1 Å². The van der Waals surface area contributed by atoms with Gasteiger partial charge in [-0.1, -0.05) is 42.5 Å². The lowest BCUT2D eigenvalue weighted by Crippen LogP contribution is -2.03. The molecule has 0 aliphatic carbocycles. The Morgan fingerprint density at radius 2 is 1.85 bits per heavy atom. The van der Waals surface area contributed by atoms with Gasteiger partial charge in [-0.25, -0.2) is 4.68 Å². The molecule has 0 saturated heterocycles. The number of rotatable bonds is 5. The fourth-order valence-electron chi connectivity index (χ4n) is 2.62. The quantitative estimate of drug-likeness (QED) is 0.550. The molecule has 2 aromatic carbocycles. The van der Waals surface area contributed by atoms with Crippen molar-refractivity contribution in [2.45, 2.75) is 6.54 Å². The van der Waals surface area contributed by atoms with Crippen LogP contribution in [0.4, 0.5) is 0 Å². The van der Waals surface area contributed by atoms with Gasteiger partial charge in [0.1, 0.15) is 10.4 Å². The number of benzene rings is 2. The molecular formula is C18H16N6OS. The summed E-state index contributed by atoms with van der Waals surface area (Å²) in [6.07, 6.45) is 1.79. The van der Waals surface area contributed by atoms with Crippen molar-refractivity contribution in [3.63, 3.8) is 0 Å². The fraction of sp³-hybridized carbons (Fsp3) is 0.111. The third-order valence-corrected chi connectivity index (χ3v) is 4.37. The average Bonchev–Trinajstić information content (AvgIpc) is 3.29. The number of aromatic amines is 1. The van der Waals surface area contributed by atoms with Crippen molar-refractivity contribution >= 4 is 12.2 Å². The van der Waals surface area contributed by atoms with Crippen molar-refractivity contribution in [1.82, 2.24) is 30.0 Å². The summed E-state index contributed by atoms with van der Waals surface area (Å²) in [7, 11) is 1.64.